The van der Waals surface area contributed by atoms with Crippen LogP contribution in [0.15, 0.2) is 27.2 Å². The van der Waals surface area contributed by atoms with Gasteiger partial charge in [-0.05, 0) is 55.7 Å². The summed E-state index contributed by atoms with van der Waals surface area (Å²) in [6.45, 7) is 0. The van der Waals surface area contributed by atoms with Gasteiger partial charge in [-0.25, -0.2) is 8.42 Å². The molecule has 1 heterocycles. The zero-order chi connectivity index (χ0) is 17.9. The van der Waals surface area contributed by atoms with Crippen LogP contribution in [0.25, 0.3) is 11.3 Å². The number of aromatic nitrogens is 1. The molecule has 3 aliphatic rings. The molecule has 0 bridgehead atoms. The lowest BCUT2D eigenvalue weighted by Gasteiger charge is -2.24. The van der Waals surface area contributed by atoms with Gasteiger partial charge in [0.1, 0.15) is 0 Å². The third-order valence-electron chi connectivity index (χ3n) is 6.14. The Balaban J connectivity index is 1.49. The molecule has 0 amide bonds. The van der Waals surface area contributed by atoms with E-state index in [9.17, 15) is 8.42 Å². The van der Waals surface area contributed by atoms with Crippen LogP contribution in [0.4, 0.5) is 5.82 Å². The highest BCUT2D eigenvalue weighted by molar-refractivity contribution is 9.10. The van der Waals surface area contributed by atoms with Gasteiger partial charge in [0.05, 0.1) is 5.75 Å². The number of sulfonamides is 1. The van der Waals surface area contributed by atoms with Crippen LogP contribution in [0.1, 0.15) is 49.7 Å². The van der Waals surface area contributed by atoms with Crippen LogP contribution in [0, 0.1) is 5.92 Å². The van der Waals surface area contributed by atoms with Gasteiger partial charge in [0.15, 0.2) is 11.6 Å². The van der Waals surface area contributed by atoms with Gasteiger partial charge in [-0.15, -0.1) is 0 Å². The minimum absolute atomic E-state index is 0.125. The van der Waals surface area contributed by atoms with Gasteiger partial charge in [0, 0.05) is 21.0 Å². The first-order chi connectivity index (χ1) is 12.5. The highest BCUT2D eigenvalue weighted by atomic mass is 79.9. The molecule has 1 N–H and O–H groups in total. The van der Waals surface area contributed by atoms with Crippen LogP contribution >= 0.6 is 15.9 Å². The van der Waals surface area contributed by atoms with Crippen LogP contribution in [-0.2, 0) is 21.9 Å². The van der Waals surface area contributed by atoms with Crippen molar-refractivity contribution >= 4 is 31.8 Å². The Morgan fingerprint density at radius 1 is 1.27 bits per heavy atom. The Labute approximate surface area is 161 Å². The van der Waals surface area contributed by atoms with E-state index in [0.717, 1.165) is 60.5 Å². The van der Waals surface area contributed by atoms with Crippen molar-refractivity contribution in [2.75, 3.05) is 10.5 Å². The number of rotatable bonds is 4. The lowest BCUT2D eigenvalue weighted by atomic mass is 9.79. The predicted octanol–water partition coefficient (Wildman–Crippen LogP) is 4.62. The maximum absolute atomic E-state index is 12.6. The van der Waals surface area contributed by atoms with Crippen molar-refractivity contribution in [2.45, 2.75) is 50.4 Å². The molecule has 1 spiro atoms. The lowest BCUT2D eigenvalue weighted by molar-refractivity contribution is 0.431. The second kappa shape index (κ2) is 5.83. The summed E-state index contributed by atoms with van der Waals surface area (Å²) in [7, 11) is -3.41. The van der Waals surface area contributed by atoms with Gasteiger partial charge < -0.3 is 4.52 Å². The molecule has 1 aromatic carbocycles. The molecule has 0 radical (unpaired) electrons. The second-order valence-corrected chi connectivity index (χ2v) is 10.7. The highest BCUT2D eigenvalue weighted by Gasteiger charge is 2.50. The number of hydrogen-bond acceptors (Lipinski definition) is 4. The topological polar surface area (TPSA) is 72.2 Å². The van der Waals surface area contributed by atoms with E-state index in [4.69, 9.17) is 4.52 Å². The largest absolute Gasteiger partial charge is 0.354 e. The summed E-state index contributed by atoms with van der Waals surface area (Å²) < 4.78 is 34.5. The third kappa shape index (κ3) is 2.80. The normalized spacial score (nSPS) is 20.8. The zero-order valence-corrected chi connectivity index (χ0v) is 16.8. The van der Waals surface area contributed by atoms with E-state index >= 15 is 0 Å². The Morgan fingerprint density at radius 2 is 2.04 bits per heavy atom. The fraction of sp³-hybridized carbons (Fsp3) is 0.526. The summed E-state index contributed by atoms with van der Waals surface area (Å²) >= 11 is 3.53. The van der Waals surface area contributed by atoms with Crippen molar-refractivity contribution < 1.29 is 12.9 Å². The number of anilines is 1. The maximum Gasteiger partial charge on any atom is 0.234 e. The van der Waals surface area contributed by atoms with E-state index in [1.54, 1.807) is 0 Å². The minimum atomic E-state index is -3.41. The fourth-order valence-corrected chi connectivity index (χ4v) is 6.49. The summed E-state index contributed by atoms with van der Waals surface area (Å²) in [5.74, 6) is 1.54. The summed E-state index contributed by atoms with van der Waals surface area (Å²) in [6.07, 6.45) is 7.31. The molecular formula is C19H21BrN2O3S. The summed E-state index contributed by atoms with van der Waals surface area (Å²) in [5.41, 5.74) is 3.36. The second-order valence-electron chi connectivity index (χ2n) is 8.02. The molecule has 5 rings (SSSR count). The molecule has 7 heteroatoms. The summed E-state index contributed by atoms with van der Waals surface area (Å²) in [4.78, 5) is 0. The quantitative estimate of drug-likeness (QED) is 0.758. The van der Waals surface area contributed by atoms with Crippen LogP contribution in [0.3, 0.4) is 0 Å². The monoisotopic (exact) mass is 436 g/mol. The standard InChI is InChI=1S/C19H21BrN2O3S/c20-13-5-6-16-14(9-13)17-15(10-19(16)7-8-19)18(21-25-17)22-26(23,24)11-12-3-1-2-4-12/h5-6,9,12H,1-4,7-8,10-11H2,(H,21,22). The van der Waals surface area contributed by atoms with Crippen molar-refractivity contribution in [1.82, 2.24) is 5.16 Å². The zero-order valence-electron chi connectivity index (χ0n) is 14.4. The van der Waals surface area contributed by atoms with Gasteiger partial charge in [0.25, 0.3) is 0 Å². The SMILES string of the molecule is O=S(=O)(CC1CCCC1)Nc1noc2c1CC1(CC1)c1ccc(Br)cc1-2. The Morgan fingerprint density at radius 3 is 2.77 bits per heavy atom. The van der Waals surface area contributed by atoms with E-state index in [1.165, 1.54) is 5.56 Å². The Hall–Kier alpha value is -1.34. The Kier molecular flexibility index (Phi) is 3.77. The van der Waals surface area contributed by atoms with Crippen molar-refractivity contribution in [3.8, 4) is 11.3 Å². The molecule has 2 aromatic rings. The van der Waals surface area contributed by atoms with Crippen molar-refractivity contribution in [3.63, 3.8) is 0 Å². The highest BCUT2D eigenvalue weighted by Crippen LogP contribution is 2.58. The molecule has 0 aliphatic heterocycles. The molecule has 3 aliphatic carbocycles. The first-order valence-corrected chi connectivity index (χ1v) is 11.7. The molecule has 2 fully saturated rings. The number of nitrogens with zero attached hydrogens (tertiary/aromatic N) is 1. The van der Waals surface area contributed by atoms with E-state index in [2.05, 4.69) is 44.0 Å². The molecule has 0 saturated heterocycles. The van der Waals surface area contributed by atoms with Gasteiger partial charge >= 0.3 is 0 Å². The van der Waals surface area contributed by atoms with Gasteiger partial charge in [-0.2, -0.15) is 0 Å². The number of halogens is 1. The number of hydrogen-bond donors (Lipinski definition) is 1. The molecular weight excluding hydrogens is 416 g/mol. The molecule has 0 atom stereocenters. The van der Waals surface area contributed by atoms with E-state index < -0.39 is 10.0 Å². The first kappa shape index (κ1) is 16.8. The summed E-state index contributed by atoms with van der Waals surface area (Å²) in [5, 5.41) is 4.10. The molecule has 5 nitrogen and oxygen atoms in total. The third-order valence-corrected chi connectivity index (χ3v) is 8.04. The van der Waals surface area contributed by atoms with Crippen molar-refractivity contribution in [3.05, 3.63) is 33.8 Å². The number of benzene rings is 1. The first-order valence-electron chi connectivity index (χ1n) is 9.25. The van der Waals surface area contributed by atoms with Crippen LogP contribution in [0.5, 0.6) is 0 Å². The van der Waals surface area contributed by atoms with Crippen molar-refractivity contribution in [1.29, 1.82) is 0 Å². The molecule has 2 saturated carbocycles. The molecule has 0 unspecified atom stereocenters. The average molecular weight is 437 g/mol. The predicted molar refractivity (Wildman–Crippen MR) is 104 cm³/mol. The van der Waals surface area contributed by atoms with Crippen LogP contribution in [0.2, 0.25) is 0 Å². The number of nitrogens with one attached hydrogen (secondary N) is 1. The Bertz CT molecular complexity index is 973. The van der Waals surface area contributed by atoms with Gasteiger partial charge in [0.2, 0.25) is 10.0 Å². The van der Waals surface area contributed by atoms with Gasteiger partial charge in [-0.3, -0.25) is 4.72 Å². The molecule has 26 heavy (non-hydrogen) atoms. The van der Waals surface area contributed by atoms with Crippen molar-refractivity contribution in [2.24, 2.45) is 5.92 Å². The van der Waals surface area contributed by atoms with Gasteiger partial charge in [-0.1, -0.05) is 40.0 Å². The smallest absolute Gasteiger partial charge is 0.234 e. The van der Waals surface area contributed by atoms with E-state index in [0.29, 0.717) is 11.6 Å². The molecule has 1 aromatic heterocycles. The lowest BCUT2D eigenvalue weighted by Crippen LogP contribution is -2.23. The van der Waals surface area contributed by atoms with Crippen LogP contribution < -0.4 is 4.72 Å². The molecule has 138 valence electrons. The van der Waals surface area contributed by atoms with E-state index in [1.807, 2.05) is 0 Å². The van der Waals surface area contributed by atoms with Crippen LogP contribution in [-0.4, -0.2) is 19.3 Å². The minimum Gasteiger partial charge on any atom is -0.354 e. The fourth-order valence-electron chi connectivity index (χ4n) is 4.64. The summed E-state index contributed by atoms with van der Waals surface area (Å²) in [6, 6.07) is 6.27. The number of fused-ring (bicyclic) bond motifs is 4. The average Bonchev–Trinajstić information content (AvgIpc) is 2.98. The maximum atomic E-state index is 12.6. The van der Waals surface area contributed by atoms with E-state index in [-0.39, 0.29) is 17.1 Å².